The van der Waals surface area contributed by atoms with Gasteiger partial charge in [0.05, 0.1) is 6.42 Å². The first-order valence-corrected chi connectivity index (χ1v) is 5.51. The Kier molecular flexibility index (Phi) is 6.75. The summed E-state index contributed by atoms with van der Waals surface area (Å²) >= 11 is 0. The van der Waals surface area contributed by atoms with Crippen molar-refractivity contribution < 1.29 is 14.7 Å². The van der Waals surface area contributed by atoms with Crippen LogP contribution in [0.25, 0.3) is 0 Å². The summed E-state index contributed by atoms with van der Waals surface area (Å²) in [6, 6.07) is -0.148. The van der Waals surface area contributed by atoms with Crippen molar-refractivity contribution in [2.75, 3.05) is 6.54 Å². The van der Waals surface area contributed by atoms with Gasteiger partial charge in [0.15, 0.2) is 0 Å². The molecule has 1 amide bonds. The maximum atomic E-state index is 11.3. The van der Waals surface area contributed by atoms with Crippen LogP contribution in [-0.2, 0) is 9.59 Å². The first kappa shape index (κ1) is 13.9. The SMILES string of the molecule is CCCCC(CC(=O)O)N(CC)C(C)=O. The Labute approximate surface area is 91.3 Å². The molecule has 0 radical (unpaired) electrons. The van der Waals surface area contributed by atoms with Gasteiger partial charge in [0, 0.05) is 19.5 Å². The number of carboxylic acids is 1. The summed E-state index contributed by atoms with van der Waals surface area (Å²) in [5, 5.41) is 8.77. The molecule has 0 aromatic rings. The van der Waals surface area contributed by atoms with Gasteiger partial charge in [-0.1, -0.05) is 19.8 Å². The zero-order chi connectivity index (χ0) is 11.8. The lowest BCUT2D eigenvalue weighted by molar-refractivity contribution is -0.140. The monoisotopic (exact) mass is 215 g/mol. The number of aliphatic carboxylic acids is 1. The van der Waals surface area contributed by atoms with E-state index in [2.05, 4.69) is 6.92 Å². The second-order valence-electron chi connectivity index (χ2n) is 3.70. The Morgan fingerprint density at radius 1 is 1.33 bits per heavy atom. The van der Waals surface area contributed by atoms with E-state index in [9.17, 15) is 9.59 Å². The molecule has 0 bridgehead atoms. The van der Waals surface area contributed by atoms with Gasteiger partial charge < -0.3 is 10.0 Å². The normalized spacial score (nSPS) is 12.2. The molecule has 1 unspecified atom stereocenters. The lowest BCUT2D eigenvalue weighted by atomic mass is 10.0. The van der Waals surface area contributed by atoms with E-state index >= 15 is 0 Å². The molecule has 4 heteroatoms. The van der Waals surface area contributed by atoms with Crippen LogP contribution in [0.2, 0.25) is 0 Å². The Bertz CT molecular complexity index is 216. The Balaban J connectivity index is 4.42. The topological polar surface area (TPSA) is 57.6 Å². The minimum Gasteiger partial charge on any atom is -0.481 e. The first-order chi connectivity index (χ1) is 7.02. The third kappa shape index (κ3) is 5.40. The summed E-state index contributed by atoms with van der Waals surface area (Å²) in [7, 11) is 0. The smallest absolute Gasteiger partial charge is 0.305 e. The van der Waals surface area contributed by atoms with Crippen LogP contribution in [0.1, 0.15) is 46.5 Å². The van der Waals surface area contributed by atoms with Crippen molar-refractivity contribution in [1.29, 1.82) is 0 Å². The Hall–Kier alpha value is -1.06. The van der Waals surface area contributed by atoms with Crippen molar-refractivity contribution in [1.82, 2.24) is 4.90 Å². The van der Waals surface area contributed by atoms with Crippen molar-refractivity contribution in [2.24, 2.45) is 0 Å². The van der Waals surface area contributed by atoms with Crippen LogP contribution in [0.15, 0.2) is 0 Å². The van der Waals surface area contributed by atoms with E-state index in [0.29, 0.717) is 6.54 Å². The number of amides is 1. The molecule has 0 aliphatic rings. The predicted molar refractivity (Wildman–Crippen MR) is 58.6 cm³/mol. The number of carboxylic acid groups (broad SMARTS) is 1. The highest BCUT2D eigenvalue weighted by Crippen LogP contribution is 2.13. The summed E-state index contributed by atoms with van der Waals surface area (Å²) < 4.78 is 0. The maximum Gasteiger partial charge on any atom is 0.305 e. The molecule has 0 heterocycles. The van der Waals surface area contributed by atoms with Crippen molar-refractivity contribution >= 4 is 11.9 Å². The summed E-state index contributed by atoms with van der Waals surface area (Å²) in [6.45, 7) is 6.01. The van der Waals surface area contributed by atoms with Gasteiger partial charge >= 0.3 is 5.97 Å². The zero-order valence-electron chi connectivity index (χ0n) is 9.82. The lowest BCUT2D eigenvalue weighted by Gasteiger charge is -2.28. The van der Waals surface area contributed by atoms with Crippen LogP contribution < -0.4 is 0 Å². The molecule has 0 saturated heterocycles. The molecular weight excluding hydrogens is 194 g/mol. The molecule has 1 atom stereocenters. The number of carbonyl (C=O) groups is 2. The number of rotatable bonds is 7. The van der Waals surface area contributed by atoms with E-state index < -0.39 is 5.97 Å². The number of hydrogen-bond acceptors (Lipinski definition) is 2. The van der Waals surface area contributed by atoms with E-state index in [1.54, 1.807) is 4.90 Å². The lowest BCUT2D eigenvalue weighted by Crippen LogP contribution is -2.40. The largest absolute Gasteiger partial charge is 0.481 e. The van der Waals surface area contributed by atoms with Gasteiger partial charge in [0.2, 0.25) is 5.91 Å². The molecule has 0 rings (SSSR count). The third-order valence-electron chi connectivity index (χ3n) is 2.49. The van der Waals surface area contributed by atoms with E-state index in [4.69, 9.17) is 5.11 Å². The number of carbonyl (C=O) groups excluding carboxylic acids is 1. The van der Waals surface area contributed by atoms with Crippen molar-refractivity contribution in [3.8, 4) is 0 Å². The second-order valence-corrected chi connectivity index (χ2v) is 3.70. The minimum atomic E-state index is -0.837. The highest BCUT2D eigenvalue weighted by Gasteiger charge is 2.21. The molecule has 88 valence electrons. The van der Waals surface area contributed by atoms with Crippen LogP contribution in [0.5, 0.6) is 0 Å². The van der Waals surface area contributed by atoms with Gasteiger partial charge in [0.1, 0.15) is 0 Å². The zero-order valence-corrected chi connectivity index (χ0v) is 9.82. The van der Waals surface area contributed by atoms with Gasteiger partial charge in [-0.05, 0) is 13.3 Å². The van der Waals surface area contributed by atoms with Crippen molar-refractivity contribution in [3.63, 3.8) is 0 Å². The van der Waals surface area contributed by atoms with E-state index in [1.807, 2.05) is 6.92 Å². The first-order valence-electron chi connectivity index (χ1n) is 5.51. The molecular formula is C11H21NO3. The average molecular weight is 215 g/mol. The Morgan fingerprint density at radius 2 is 1.93 bits per heavy atom. The van der Waals surface area contributed by atoms with Gasteiger partial charge in [-0.15, -0.1) is 0 Å². The summed E-state index contributed by atoms with van der Waals surface area (Å²) in [5.41, 5.74) is 0. The van der Waals surface area contributed by atoms with Crippen LogP contribution in [0, 0.1) is 0 Å². The summed E-state index contributed by atoms with van der Waals surface area (Å²) in [5.74, 6) is -0.879. The third-order valence-corrected chi connectivity index (χ3v) is 2.49. The molecule has 0 aromatic heterocycles. The predicted octanol–water partition coefficient (Wildman–Crippen LogP) is 1.89. The molecule has 0 aliphatic heterocycles. The molecule has 0 saturated carbocycles. The molecule has 1 N–H and O–H groups in total. The fourth-order valence-corrected chi connectivity index (χ4v) is 1.75. The summed E-state index contributed by atoms with van der Waals surface area (Å²) in [4.78, 5) is 23.6. The molecule has 0 fully saturated rings. The molecule has 0 spiro atoms. The van der Waals surface area contributed by atoms with E-state index in [1.165, 1.54) is 6.92 Å². The highest BCUT2D eigenvalue weighted by atomic mass is 16.4. The van der Waals surface area contributed by atoms with Crippen LogP contribution >= 0.6 is 0 Å². The average Bonchev–Trinajstić information content (AvgIpc) is 2.13. The number of unbranched alkanes of at least 4 members (excludes halogenated alkanes) is 1. The summed E-state index contributed by atoms with van der Waals surface area (Å²) in [6.07, 6.45) is 2.80. The molecule has 15 heavy (non-hydrogen) atoms. The van der Waals surface area contributed by atoms with E-state index in [0.717, 1.165) is 19.3 Å². The molecule has 0 aromatic carbocycles. The van der Waals surface area contributed by atoms with Crippen LogP contribution in [0.4, 0.5) is 0 Å². The van der Waals surface area contributed by atoms with Gasteiger partial charge in [-0.25, -0.2) is 0 Å². The van der Waals surface area contributed by atoms with Gasteiger partial charge in [-0.2, -0.15) is 0 Å². The second kappa shape index (κ2) is 7.26. The Morgan fingerprint density at radius 3 is 2.27 bits per heavy atom. The fraction of sp³-hybridized carbons (Fsp3) is 0.818. The quantitative estimate of drug-likeness (QED) is 0.705. The van der Waals surface area contributed by atoms with Crippen molar-refractivity contribution in [2.45, 2.75) is 52.5 Å². The number of nitrogens with zero attached hydrogens (tertiary/aromatic N) is 1. The minimum absolute atomic E-state index is 0.0418. The maximum absolute atomic E-state index is 11.3. The molecule has 4 nitrogen and oxygen atoms in total. The van der Waals surface area contributed by atoms with Gasteiger partial charge in [0.25, 0.3) is 0 Å². The fourth-order valence-electron chi connectivity index (χ4n) is 1.75. The highest BCUT2D eigenvalue weighted by molar-refractivity contribution is 5.75. The van der Waals surface area contributed by atoms with Gasteiger partial charge in [-0.3, -0.25) is 9.59 Å². The van der Waals surface area contributed by atoms with E-state index in [-0.39, 0.29) is 18.4 Å². The van der Waals surface area contributed by atoms with Crippen LogP contribution in [0.3, 0.4) is 0 Å². The molecule has 0 aliphatic carbocycles. The van der Waals surface area contributed by atoms with Crippen molar-refractivity contribution in [3.05, 3.63) is 0 Å². The standard InChI is InChI=1S/C11H21NO3/c1-4-6-7-10(8-11(14)15)12(5-2)9(3)13/h10H,4-8H2,1-3H3,(H,14,15). The van der Waals surface area contributed by atoms with Crippen LogP contribution in [-0.4, -0.2) is 34.5 Å². The number of hydrogen-bond donors (Lipinski definition) is 1.